The van der Waals surface area contributed by atoms with Crippen LogP contribution in [0.2, 0.25) is 0 Å². The Morgan fingerprint density at radius 2 is 1.66 bits per heavy atom. The zero-order chi connectivity index (χ0) is 22.5. The maximum Gasteiger partial charge on any atom is 0.246 e. The van der Waals surface area contributed by atoms with E-state index in [0.717, 1.165) is 16.6 Å². The number of rotatable bonds is 3. The van der Waals surface area contributed by atoms with E-state index in [9.17, 15) is 8.42 Å². The molecule has 0 saturated heterocycles. The lowest BCUT2D eigenvalue weighted by molar-refractivity contribution is 0.298. The molecule has 4 aromatic rings. The summed E-state index contributed by atoms with van der Waals surface area (Å²) in [5.41, 5.74) is 3.72. The monoisotopic (exact) mass is 445 g/mol. The normalized spacial score (nSPS) is 17.4. The van der Waals surface area contributed by atoms with Crippen LogP contribution in [-0.4, -0.2) is 28.8 Å². The quantitative estimate of drug-likeness (QED) is 0.439. The van der Waals surface area contributed by atoms with E-state index < -0.39 is 16.1 Å². The molecule has 0 fully saturated rings. The second-order valence-corrected chi connectivity index (χ2v) is 11.2. The van der Waals surface area contributed by atoms with Crippen molar-refractivity contribution in [1.82, 2.24) is 13.9 Å². The first-order chi connectivity index (χ1) is 15.3. The Morgan fingerprint density at radius 3 is 2.41 bits per heavy atom. The average Bonchev–Trinajstić information content (AvgIpc) is 3.26. The summed E-state index contributed by atoms with van der Waals surface area (Å²) in [7, 11) is -3.79. The van der Waals surface area contributed by atoms with Crippen molar-refractivity contribution in [3.05, 3.63) is 95.9 Å². The molecule has 164 valence electrons. The zero-order valence-electron chi connectivity index (χ0n) is 18.6. The van der Waals surface area contributed by atoms with Gasteiger partial charge in [0.2, 0.25) is 10.0 Å². The van der Waals surface area contributed by atoms with Crippen molar-refractivity contribution in [3.8, 4) is 0 Å². The van der Waals surface area contributed by atoms with Gasteiger partial charge in [-0.2, -0.15) is 4.31 Å². The molecule has 0 radical (unpaired) electrons. The van der Waals surface area contributed by atoms with Gasteiger partial charge in [-0.1, -0.05) is 63.2 Å². The molecule has 6 heteroatoms. The number of sulfonamides is 1. The van der Waals surface area contributed by atoms with Crippen LogP contribution < -0.4 is 0 Å². The first-order valence-electron chi connectivity index (χ1n) is 10.9. The lowest BCUT2D eigenvalue weighted by Crippen LogP contribution is -2.42. The minimum atomic E-state index is -3.79. The lowest BCUT2D eigenvalue weighted by Gasteiger charge is -2.36. The first-order valence-corrected chi connectivity index (χ1v) is 12.3. The van der Waals surface area contributed by atoms with Crippen LogP contribution in [0.5, 0.6) is 0 Å². The van der Waals surface area contributed by atoms with Gasteiger partial charge in [0.15, 0.2) is 0 Å². The molecule has 2 aromatic heterocycles. The molecule has 2 aromatic carbocycles. The Hall–Kier alpha value is -2.96. The number of pyridine rings is 1. The molecule has 1 unspecified atom stereocenters. The second kappa shape index (κ2) is 7.57. The van der Waals surface area contributed by atoms with Crippen molar-refractivity contribution in [1.29, 1.82) is 0 Å². The van der Waals surface area contributed by atoms with E-state index in [2.05, 4.69) is 54.6 Å². The Labute approximate surface area is 189 Å². The fourth-order valence-electron chi connectivity index (χ4n) is 4.53. The molecule has 5 nitrogen and oxygen atoms in total. The van der Waals surface area contributed by atoms with E-state index in [1.807, 2.05) is 36.5 Å². The SMILES string of the molecule is CC(C)(C)c1ccc(C2c3cccn3CCN2S(=O)(=O)c2cccc3cccnc23)cc1. The number of fused-ring (bicyclic) bond motifs is 2. The van der Waals surface area contributed by atoms with Crippen molar-refractivity contribution in [3.63, 3.8) is 0 Å². The predicted octanol–water partition coefficient (Wildman–Crippen LogP) is 5.13. The number of para-hydroxylation sites is 1. The molecular weight excluding hydrogens is 418 g/mol. The maximum atomic E-state index is 14.0. The third kappa shape index (κ3) is 3.44. The first kappa shape index (κ1) is 20.9. The van der Waals surface area contributed by atoms with Crippen LogP contribution in [0.1, 0.15) is 43.6 Å². The molecule has 1 aliphatic rings. The molecule has 0 saturated carbocycles. The van der Waals surface area contributed by atoms with E-state index >= 15 is 0 Å². The second-order valence-electron chi connectivity index (χ2n) is 9.35. The molecule has 3 heterocycles. The summed E-state index contributed by atoms with van der Waals surface area (Å²) in [5.74, 6) is 0. The molecule has 32 heavy (non-hydrogen) atoms. The summed E-state index contributed by atoms with van der Waals surface area (Å²) in [4.78, 5) is 4.66. The van der Waals surface area contributed by atoms with Gasteiger partial charge in [0.05, 0.1) is 11.6 Å². The number of benzene rings is 2. The Morgan fingerprint density at radius 1 is 0.906 bits per heavy atom. The summed E-state index contributed by atoms with van der Waals surface area (Å²) in [6.45, 7) is 7.56. The van der Waals surface area contributed by atoms with E-state index in [1.54, 1.807) is 22.6 Å². The largest absolute Gasteiger partial charge is 0.348 e. The summed E-state index contributed by atoms with van der Waals surface area (Å²) in [5, 5.41) is 0.819. The zero-order valence-corrected chi connectivity index (χ0v) is 19.4. The summed E-state index contributed by atoms with van der Waals surface area (Å²) in [6, 6.07) is 21.0. The number of aromatic nitrogens is 2. The van der Waals surface area contributed by atoms with Crippen molar-refractivity contribution < 1.29 is 8.42 Å². The highest BCUT2D eigenvalue weighted by Gasteiger charge is 2.38. The number of hydrogen-bond acceptors (Lipinski definition) is 3. The van der Waals surface area contributed by atoms with Crippen molar-refractivity contribution in [2.24, 2.45) is 0 Å². The fourth-order valence-corrected chi connectivity index (χ4v) is 6.28. The smallest absolute Gasteiger partial charge is 0.246 e. The maximum absolute atomic E-state index is 14.0. The average molecular weight is 446 g/mol. The van der Waals surface area contributed by atoms with Gasteiger partial charge in [0, 0.05) is 36.6 Å². The van der Waals surface area contributed by atoms with Crippen LogP contribution in [0.3, 0.4) is 0 Å². The van der Waals surface area contributed by atoms with Gasteiger partial charge in [0.25, 0.3) is 0 Å². The number of hydrogen-bond donors (Lipinski definition) is 0. The molecule has 1 aliphatic heterocycles. The minimum Gasteiger partial charge on any atom is -0.348 e. The Kier molecular flexibility index (Phi) is 4.95. The van der Waals surface area contributed by atoms with Gasteiger partial charge in [-0.05, 0) is 40.8 Å². The van der Waals surface area contributed by atoms with Crippen molar-refractivity contribution in [2.45, 2.75) is 43.7 Å². The lowest BCUT2D eigenvalue weighted by atomic mass is 9.86. The highest BCUT2D eigenvalue weighted by molar-refractivity contribution is 7.89. The Bertz CT molecular complexity index is 1380. The van der Waals surface area contributed by atoms with Gasteiger partial charge in [-0.3, -0.25) is 4.98 Å². The third-order valence-electron chi connectivity index (χ3n) is 6.27. The highest BCUT2D eigenvalue weighted by atomic mass is 32.2. The summed E-state index contributed by atoms with van der Waals surface area (Å²) in [6.07, 6.45) is 3.67. The van der Waals surface area contributed by atoms with Crippen LogP contribution in [0, 0.1) is 0 Å². The van der Waals surface area contributed by atoms with Crippen LogP contribution in [0.15, 0.2) is 84.0 Å². The summed E-state index contributed by atoms with van der Waals surface area (Å²) >= 11 is 0. The molecule has 0 N–H and O–H groups in total. The van der Waals surface area contributed by atoms with Gasteiger partial charge in [-0.15, -0.1) is 0 Å². The topological polar surface area (TPSA) is 55.2 Å². The van der Waals surface area contributed by atoms with Crippen molar-refractivity contribution in [2.75, 3.05) is 6.54 Å². The highest BCUT2D eigenvalue weighted by Crippen LogP contribution is 2.38. The third-order valence-corrected chi connectivity index (χ3v) is 8.16. The standard InChI is InChI=1S/C26H27N3O2S/c1-26(2,3)21-13-11-20(12-14-21)25-22-9-6-16-28(22)17-18-29(25)32(30,31)23-10-4-7-19-8-5-15-27-24(19)23/h4-16,25H,17-18H2,1-3H3. The Balaban J connectivity index is 1.65. The van der Waals surface area contributed by atoms with E-state index in [1.165, 1.54) is 5.56 Å². The van der Waals surface area contributed by atoms with Crippen LogP contribution >= 0.6 is 0 Å². The van der Waals surface area contributed by atoms with Crippen LogP contribution in [0.4, 0.5) is 0 Å². The van der Waals surface area contributed by atoms with Gasteiger partial charge < -0.3 is 4.57 Å². The molecular formula is C26H27N3O2S. The molecule has 0 amide bonds. The van der Waals surface area contributed by atoms with Gasteiger partial charge in [-0.25, -0.2) is 8.42 Å². The summed E-state index contributed by atoms with van der Waals surface area (Å²) < 4.78 is 31.8. The van der Waals surface area contributed by atoms with E-state index in [0.29, 0.717) is 18.6 Å². The molecule has 0 bridgehead atoms. The fraction of sp³-hybridized carbons (Fsp3) is 0.269. The number of nitrogens with zero attached hydrogens (tertiary/aromatic N) is 3. The van der Waals surface area contributed by atoms with Gasteiger partial charge >= 0.3 is 0 Å². The van der Waals surface area contributed by atoms with Crippen LogP contribution in [0.25, 0.3) is 10.9 Å². The molecule has 5 rings (SSSR count). The van der Waals surface area contributed by atoms with E-state index in [-0.39, 0.29) is 10.3 Å². The molecule has 1 atom stereocenters. The minimum absolute atomic E-state index is 0.0334. The van der Waals surface area contributed by atoms with Gasteiger partial charge in [0.1, 0.15) is 4.90 Å². The molecule has 0 spiro atoms. The molecule has 0 aliphatic carbocycles. The predicted molar refractivity (Wildman–Crippen MR) is 127 cm³/mol. The van der Waals surface area contributed by atoms with Crippen molar-refractivity contribution >= 4 is 20.9 Å². The van der Waals surface area contributed by atoms with Crippen LogP contribution in [-0.2, 0) is 22.0 Å². The van der Waals surface area contributed by atoms with E-state index in [4.69, 9.17) is 0 Å².